The number of methoxy groups -OCH3 is 1. The number of hydrogen-bond donors (Lipinski definition) is 1. The molecule has 1 aromatic carbocycles. The van der Waals surface area contributed by atoms with Gasteiger partial charge in [-0.2, -0.15) is 0 Å². The van der Waals surface area contributed by atoms with Gasteiger partial charge in [-0.25, -0.2) is 4.79 Å². The predicted octanol–water partition coefficient (Wildman–Crippen LogP) is 1.19. The zero-order valence-corrected chi connectivity index (χ0v) is 9.69. The highest BCUT2D eigenvalue weighted by atomic mass is 35.5. The normalized spacial score (nSPS) is 10.2. The van der Waals surface area contributed by atoms with E-state index in [1.54, 1.807) is 18.2 Å². The fraction of sp³-hybridized carbons (Fsp3) is 0.0909. The van der Waals surface area contributed by atoms with Crippen LogP contribution in [0.4, 0.5) is 0 Å². The van der Waals surface area contributed by atoms with Crippen LogP contribution < -0.4 is 16.0 Å². The zero-order valence-electron chi connectivity index (χ0n) is 8.94. The van der Waals surface area contributed by atoms with Gasteiger partial charge in [0.25, 0.3) is 5.56 Å². The Morgan fingerprint density at radius 1 is 1.29 bits per heavy atom. The second kappa shape index (κ2) is 4.47. The number of nitrogens with one attached hydrogen (secondary N) is 1. The lowest BCUT2D eigenvalue weighted by Crippen LogP contribution is -2.27. The highest BCUT2D eigenvalue weighted by Crippen LogP contribution is 2.24. The molecule has 0 aliphatic rings. The summed E-state index contributed by atoms with van der Waals surface area (Å²) in [6, 6.07) is 6.16. The average molecular weight is 253 g/mol. The van der Waals surface area contributed by atoms with Gasteiger partial charge in [0, 0.05) is 18.3 Å². The lowest BCUT2D eigenvalue weighted by atomic mass is 10.3. The smallest absolute Gasteiger partial charge is 0.332 e. The molecule has 1 aromatic heterocycles. The molecule has 6 heteroatoms. The van der Waals surface area contributed by atoms with Crippen molar-refractivity contribution in [2.45, 2.75) is 0 Å². The molecule has 1 heterocycles. The molecular weight excluding hydrogens is 244 g/mol. The summed E-state index contributed by atoms with van der Waals surface area (Å²) in [7, 11) is 1.53. The van der Waals surface area contributed by atoms with E-state index in [0.717, 1.165) is 0 Å². The molecule has 0 fully saturated rings. The minimum Gasteiger partial charge on any atom is -0.497 e. The van der Waals surface area contributed by atoms with Crippen LogP contribution in [-0.2, 0) is 0 Å². The van der Waals surface area contributed by atoms with Crippen molar-refractivity contribution in [2.75, 3.05) is 7.11 Å². The lowest BCUT2D eigenvalue weighted by molar-refractivity contribution is 0.415. The molecule has 5 nitrogen and oxygen atoms in total. The van der Waals surface area contributed by atoms with Crippen molar-refractivity contribution in [3.05, 3.63) is 56.3 Å². The molecule has 0 amide bonds. The summed E-state index contributed by atoms with van der Waals surface area (Å²) in [6.45, 7) is 0. The largest absolute Gasteiger partial charge is 0.497 e. The van der Waals surface area contributed by atoms with Crippen molar-refractivity contribution in [2.24, 2.45) is 0 Å². The lowest BCUT2D eigenvalue weighted by Gasteiger charge is -2.08. The second-order valence-corrected chi connectivity index (χ2v) is 3.70. The summed E-state index contributed by atoms with van der Waals surface area (Å²) in [5.41, 5.74) is -0.505. The third-order valence-electron chi connectivity index (χ3n) is 2.24. The van der Waals surface area contributed by atoms with Gasteiger partial charge < -0.3 is 4.74 Å². The van der Waals surface area contributed by atoms with Crippen molar-refractivity contribution in [3.8, 4) is 11.4 Å². The van der Waals surface area contributed by atoms with Gasteiger partial charge in [-0.1, -0.05) is 11.6 Å². The molecule has 0 radical (unpaired) electrons. The number of aromatic nitrogens is 2. The third kappa shape index (κ3) is 2.24. The Kier molecular flexibility index (Phi) is 3.01. The molecule has 17 heavy (non-hydrogen) atoms. The van der Waals surface area contributed by atoms with E-state index in [1.165, 1.54) is 23.9 Å². The Morgan fingerprint density at radius 2 is 2.06 bits per heavy atom. The van der Waals surface area contributed by atoms with Crippen LogP contribution in [0.2, 0.25) is 5.02 Å². The van der Waals surface area contributed by atoms with Gasteiger partial charge in [0.05, 0.1) is 17.8 Å². The molecular formula is C11H9ClN2O3. The summed E-state index contributed by atoms with van der Waals surface area (Å²) in [6.07, 6.45) is 1.37. The van der Waals surface area contributed by atoms with Gasteiger partial charge in [0.2, 0.25) is 0 Å². The monoisotopic (exact) mass is 252 g/mol. The van der Waals surface area contributed by atoms with Crippen LogP contribution in [0.25, 0.3) is 5.69 Å². The van der Waals surface area contributed by atoms with E-state index in [2.05, 4.69) is 4.98 Å². The van der Waals surface area contributed by atoms with Crippen LogP contribution in [0.3, 0.4) is 0 Å². The Hall–Kier alpha value is -2.01. The molecule has 0 saturated heterocycles. The standard InChI is InChI=1S/C11H9ClN2O3/c1-17-7-2-3-9(8(12)6-7)14-5-4-10(15)13-11(14)16/h2-6H,1H3,(H,13,15,16). The zero-order chi connectivity index (χ0) is 12.4. The molecule has 0 saturated carbocycles. The van der Waals surface area contributed by atoms with Crippen LogP contribution >= 0.6 is 11.6 Å². The number of nitrogens with zero attached hydrogens (tertiary/aromatic N) is 1. The molecule has 0 aliphatic carbocycles. The third-order valence-corrected chi connectivity index (χ3v) is 2.54. The summed E-state index contributed by atoms with van der Waals surface area (Å²) >= 11 is 6.02. The molecule has 0 atom stereocenters. The van der Waals surface area contributed by atoms with E-state index in [9.17, 15) is 9.59 Å². The minimum atomic E-state index is -0.537. The van der Waals surface area contributed by atoms with Crippen molar-refractivity contribution < 1.29 is 4.74 Å². The van der Waals surface area contributed by atoms with Gasteiger partial charge in [-0.15, -0.1) is 0 Å². The van der Waals surface area contributed by atoms with Gasteiger partial charge in [-0.3, -0.25) is 14.3 Å². The van der Waals surface area contributed by atoms with Crippen LogP contribution in [0.15, 0.2) is 40.1 Å². The predicted molar refractivity (Wildman–Crippen MR) is 64.2 cm³/mol. The van der Waals surface area contributed by atoms with Crippen molar-refractivity contribution in [1.82, 2.24) is 9.55 Å². The summed E-state index contributed by atoms with van der Waals surface area (Å²) in [5.74, 6) is 0.594. The van der Waals surface area contributed by atoms with Gasteiger partial charge in [0.15, 0.2) is 0 Å². The number of aromatic amines is 1. The number of H-pyrrole nitrogens is 1. The van der Waals surface area contributed by atoms with Crippen LogP contribution in [0.1, 0.15) is 0 Å². The topological polar surface area (TPSA) is 64.1 Å². The SMILES string of the molecule is COc1ccc(-n2ccc(=O)[nH]c2=O)c(Cl)c1. The molecule has 2 aromatic rings. The maximum Gasteiger partial charge on any atom is 0.332 e. The van der Waals surface area contributed by atoms with Crippen LogP contribution in [0.5, 0.6) is 5.75 Å². The molecule has 1 N–H and O–H groups in total. The van der Waals surface area contributed by atoms with E-state index in [-0.39, 0.29) is 0 Å². The molecule has 0 spiro atoms. The second-order valence-electron chi connectivity index (χ2n) is 3.30. The van der Waals surface area contributed by atoms with Crippen LogP contribution in [0, 0.1) is 0 Å². The van der Waals surface area contributed by atoms with Gasteiger partial charge >= 0.3 is 5.69 Å². The minimum absolute atomic E-state index is 0.360. The Balaban J connectivity index is 2.61. The van der Waals surface area contributed by atoms with Gasteiger partial charge in [0.1, 0.15) is 5.75 Å². The van der Waals surface area contributed by atoms with E-state index < -0.39 is 11.2 Å². The number of hydrogen-bond acceptors (Lipinski definition) is 3. The van der Waals surface area contributed by atoms with Crippen molar-refractivity contribution in [1.29, 1.82) is 0 Å². The number of halogens is 1. The fourth-order valence-corrected chi connectivity index (χ4v) is 1.68. The summed E-state index contributed by atoms with van der Waals surface area (Å²) in [4.78, 5) is 24.7. The van der Waals surface area contributed by atoms with E-state index in [4.69, 9.17) is 16.3 Å². The average Bonchev–Trinajstić information content (AvgIpc) is 2.30. The Labute approximate surface area is 101 Å². The van der Waals surface area contributed by atoms with E-state index >= 15 is 0 Å². The molecule has 2 rings (SSSR count). The summed E-state index contributed by atoms with van der Waals surface area (Å²) < 4.78 is 6.26. The molecule has 0 unspecified atom stereocenters. The van der Waals surface area contributed by atoms with E-state index in [0.29, 0.717) is 16.5 Å². The molecule has 0 aliphatic heterocycles. The molecule has 88 valence electrons. The fourth-order valence-electron chi connectivity index (χ4n) is 1.42. The number of ether oxygens (including phenoxy) is 1. The first-order valence-electron chi connectivity index (χ1n) is 4.78. The number of rotatable bonds is 2. The Morgan fingerprint density at radius 3 is 2.65 bits per heavy atom. The van der Waals surface area contributed by atoms with Crippen molar-refractivity contribution in [3.63, 3.8) is 0 Å². The molecule has 0 bridgehead atoms. The first-order valence-corrected chi connectivity index (χ1v) is 5.15. The first-order chi connectivity index (χ1) is 8.11. The Bertz CT molecular complexity index is 660. The maximum atomic E-state index is 11.6. The summed E-state index contributed by atoms with van der Waals surface area (Å²) in [5, 5.41) is 0.360. The van der Waals surface area contributed by atoms with E-state index in [1.807, 2.05) is 0 Å². The van der Waals surface area contributed by atoms with Crippen molar-refractivity contribution >= 4 is 11.6 Å². The van der Waals surface area contributed by atoms with Gasteiger partial charge in [-0.05, 0) is 12.1 Å². The maximum absolute atomic E-state index is 11.6. The van der Waals surface area contributed by atoms with Crippen LogP contribution in [-0.4, -0.2) is 16.7 Å². The quantitative estimate of drug-likeness (QED) is 0.873. The number of benzene rings is 1. The first kappa shape index (κ1) is 11.5. The highest BCUT2D eigenvalue weighted by molar-refractivity contribution is 6.32. The highest BCUT2D eigenvalue weighted by Gasteiger charge is 2.06.